The molecule has 0 heteroatoms. The molecule has 0 amide bonds. The van der Waals surface area contributed by atoms with Crippen LogP contribution in [0, 0.1) is 0 Å². The third kappa shape index (κ3) is 15.5. The average Bonchev–Trinajstić information content (AvgIpc) is 2.35. The second-order valence-corrected chi connectivity index (χ2v) is 4.95. The first kappa shape index (κ1) is 16.5. The van der Waals surface area contributed by atoms with Crippen LogP contribution in [0.25, 0.3) is 0 Å². The van der Waals surface area contributed by atoms with E-state index in [9.17, 15) is 0 Å². The van der Waals surface area contributed by atoms with Crippen LogP contribution in [0.4, 0.5) is 0 Å². The van der Waals surface area contributed by atoms with Crippen molar-refractivity contribution in [3.63, 3.8) is 0 Å². The number of hydrogen-bond acceptors (Lipinski definition) is 0. The molecule has 0 saturated heterocycles. The van der Waals surface area contributed by atoms with Gasteiger partial charge in [0.05, 0.1) is 0 Å². The third-order valence-corrected chi connectivity index (χ3v) is 3.15. The zero-order valence-corrected chi connectivity index (χ0v) is 11.9. The lowest BCUT2D eigenvalue weighted by molar-refractivity contribution is 0.571. The van der Waals surface area contributed by atoms with Gasteiger partial charge < -0.3 is 0 Å². The molecule has 0 spiro atoms. The molecular weight excluding hydrogens is 204 g/mol. The van der Waals surface area contributed by atoms with E-state index in [4.69, 9.17) is 0 Å². The van der Waals surface area contributed by atoms with E-state index in [0.717, 1.165) is 0 Å². The van der Waals surface area contributed by atoms with Crippen molar-refractivity contribution in [2.45, 2.75) is 84.0 Å². The zero-order chi connectivity index (χ0) is 12.6. The predicted octanol–water partition coefficient (Wildman–Crippen LogP) is 6.43. The van der Waals surface area contributed by atoms with Crippen LogP contribution in [0.3, 0.4) is 0 Å². The van der Waals surface area contributed by atoms with Crippen LogP contribution in [0.2, 0.25) is 0 Å². The number of unbranched alkanes of at least 4 members (excludes halogenated alkanes) is 10. The summed E-state index contributed by atoms with van der Waals surface area (Å²) < 4.78 is 0. The second-order valence-electron chi connectivity index (χ2n) is 4.95. The Morgan fingerprint density at radius 1 is 0.647 bits per heavy atom. The summed E-state index contributed by atoms with van der Waals surface area (Å²) in [6.07, 6.45) is 23.0. The van der Waals surface area contributed by atoms with Crippen molar-refractivity contribution in [3.8, 4) is 0 Å². The Labute approximate surface area is 109 Å². The van der Waals surface area contributed by atoms with Crippen LogP contribution in [0.15, 0.2) is 24.8 Å². The van der Waals surface area contributed by atoms with Crippen LogP contribution < -0.4 is 0 Å². The molecule has 0 nitrogen and oxygen atoms in total. The SMILES string of the molecule is C=CCCCCCCCCCCC=CCCC. The third-order valence-electron chi connectivity index (χ3n) is 3.15. The molecule has 0 saturated carbocycles. The molecule has 0 heterocycles. The minimum Gasteiger partial charge on any atom is -0.103 e. The van der Waals surface area contributed by atoms with E-state index in [2.05, 4.69) is 25.7 Å². The lowest BCUT2D eigenvalue weighted by Gasteiger charge is -2.00. The van der Waals surface area contributed by atoms with Crippen LogP contribution >= 0.6 is 0 Å². The van der Waals surface area contributed by atoms with Crippen LogP contribution in [0.5, 0.6) is 0 Å². The van der Waals surface area contributed by atoms with E-state index < -0.39 is 0 Å². The Kier molecular flexibility index (Phi) is 15.0. The summed E-state index contributed by atoms with van der Waals surface area (Å²) in [5.41, 5.74) is 0. The molecule has 0 aliphatic rings. The van der Waals surface area contributed by atoms with E-state index in [1.807, 2.05) is 6.08 Å². The molecule has 0 N–H and O–H groups in total. The topological polar surface area (TPSA) is 0 Å². The minimum absolute atomic E-state index is 1.20. The molecule has 100 valence electrons. The highest BCUT2D eigenvalue weighted by atomic mass is 14.0. The number of allylic oxidation sites excluding steroid dienone is 3. The van der Waals surface area contributed by atoms with Gasteiger partial charge in [-0.3, -0.25) is 0 Å². The molecule has 0 rings (SSSR count). The Balaban J connectivity index is 2.96. The Bertz CT molecular complexity index is 167. The van der Waals surface area contributed by atoms with E-state index in [1.54, 1.807) is 0 Å². The maximum Gasteiger partial charge on any atom is -0.0351 e. The molecule has 0 aliphatic heterocycles. The van der Waals surface area contributed by atoms with Gasteiger partial charge in [0.25, 0.3) is 0 Å². The Hall–Kier alpha value is -0.520. The van der Waals surface area contributed by atoms with Crippen molar-refractivity contribution in [1.29, 1.82) is 0 Å². The van der Waals surface area contributed by atoms with Crippen LogP contribution in [-0.4, -0.2) is 0 Å². The van der Waals surface area contributed by atoms with Crippen molar-refractivity contribution < 1.29 is 0 Å². The fourth-order valence-electron chi connectivity index (χ4n) is 2.01. The fourth-order valence-corrected chi connectivity index (χ4v) is 2.01. The number of hydrogen-bond donors (Lipinski definition) is 0. The Morgan fingerprint density at radius 2 is 1.12 bits per heavy atom. The summed E-state index contributed by atoms with van der Waals surface area (Å²) in [6.45, 7) is 5.98. The highest BCUT2D eigenvalue weighted by Crippen LogP contribution is 2.10. The van der Waals surface area contributed by atoms with Gasteiger partial charge in [-0.05, 0) is 32.1 Å². The molecule has 17 heavy (non-hydrogen) atoms. The van der Waals surface area contributed by atoms with Crippen LogP contribution in [0.1, 0.15) is 84.0 Å². The van der Waals surface area contributed by atoms with Crippen molar-refractivity contribution >= 4 is 0 Å². The molecule has 0 unspecified atom stereocenters. The first-order valence-electron chi connectivity index (χ1n) is 7.67. The predicted molar refractivity (Wildman–Crippen MR) is 80.4 cm³/mol. The van der Waals surface area contributed by atoms with Gasteiger partial charge in [0.1, 0.15) is 0 Å². The second kappa shape index (κ2) is 15.5. The summed E-state index contributed by atoms with van der Waals surface area (Å²) >= 11 is 0. The van der Waals surface area contributed by atoms with Gasteiger partial charge in [-0.2, -0.15) is 0 Å². The molecule has 0 aromatic carbocycles. The summed E-state index contributed by atoms with van der Waals surface area (Å²) in [4.78, 5) is 0. The van der Waals surface area contributed by atoms with Crippen molar-refractivity contribution in [2.24, 2.45) is 0 Å². The highest BCUT2D eigenvalue weighted by molar-refractivity contribution is 4.80. The van der Waals surface area contributed by atoms with Crippen molar-refractivity contribution in [3.05, 3.63) is 24.8 Å². The minimum atomic E-state index is 1.20. The van der Waals surface area contributed by atoms with E-state index in [-0.39, 0.29) is 0 Å². The Morgan fingerprint density at radius 3 is 1.65 bits per heavy atom. The first-order valence-corrected chi connectivity index (χ1v) is 7.67. The molecule has 0 aliphatic carbocycles. The maximum atomic E-state index is 3.75. The van der Waals surface area contributed by atoms with Gasteiger partial charge in [-0.15, -0.1) is 6.58 Å². The summed E-state index contributed by atoms with van der Waals surface area (Å²) in [7, 11) is 0. The average molecular weight is 236 g/mol. The lowest BCUT2D eigenvalue weighted by atomic mass is 10.1. The van der Waals surface area contributed by atoms with Gasteiger partial charge in [0.15, 0.2) is 0 Å². The van der Waals surface area contributed by atoms with Gasteiger partial charge >= 0.3 is 0 Å². The molecule has 0 bridgehead atoms. The van der Waals surface area contributed by atoms with Gasteiger partial charge in [0, 0.05) is 0 Å². The normalized spacial score (nSPS) is 11.1. The van der Waals surface area contributed by atoms with Crippen molar-refractivity contribution in [2.75, 3.05) is 0 Å². The summed E-state index contributed by atoms with van der Waals surface area (Å²) in [6, 6.07) is 0. The van der Waals surface area contributed by atoms with Gasteiger partial charge in [0.2, 0.25) is 0 Å². The lowest BCUT2D eigenvalue weighted by Crippen LogP contribution is -1.80. The number of rotatable bonds is 13. The largest absolute Gasteiger partial charge is 0.103 e. The maximum absolute atomic E-state index is 3.75. The highest BCUT2D eigenvalue weighted by Gasteiger charge is 1.91. The first-order chi connectivity index (χ1) is 8.41. The van der Waals surface area contributed by atoms with Crippen LogP contribution in [-0.2, 0) is 0 Å². The van der Waals surface area contributed by atoms with E-state index in [1.165, 1.54) is 77.0 Å². The zero-order valence-electron chi connectivity index (χ0n) is 11.9. The fraction of sp³-hybridized carbons (Fsp3) is 0.765. The molecular formula is C17H32. The standard InChI is InChI=1S/C17H32/c1-3-5-7-9-11-13-15-17-16-14-12-10-8-6-4-2/h3,8,10H,1,4-7,9,11-17H2,2H3. The molecule has 0 aromatic heterocycles. The molecule has 0 atom stereocenters. The quantitative estimate of drug-likeness (QED) is 0.255. The monoisotopic (exact) mass is 236 g/mol. The van der Waals surface area contributed by atoms with Gasteiger partial charge in [-0.1, -0.05) is 70.1 Å². The van der Waals surface area contributed by atoms with E-state index >= 15 is 0 Å². The van der Waals surface area contributed by atoms with E-state index in [0.29, 0.717) is 0 Å². The molecule has 0 radical (unpaired) electrons. The molecule has 0 fully saturated rings. The smallest absolute Gasteiger partial charge is 0.0351 e. The summed E-state index contributed by atoms with van der Waals surface area (Å²) in [5, 5.41) is 0. The van der Waals surface area contributed by atoms with Crippen molar-refractivity contribution in [1.82, 2.24) is 0 Å². The molecule has 0 aromatic rings. The van der Waals surface area contributed by atoms with Gasteiger partial charge in [-0.25, -0.2) is 0 Å². The summed E-state index contributed by atoms with van der Waals surface area (Å²) in [5.74, 6) is 0.